The minimum atomic E-state index is -0.316. The van der Waals surface area contributed by atoms with Gasteiger partial charge in [0.25, 0.3) is 0 Å². The molecule has 0 radical (unpaired) electrons. The van der Waals surface area contributed by atoms with Gasteiger partial charge in [-0.3, -0.25) is 4.57 Å². The summed E-state index contributed by atoms with van der Waals surface area (Å²) in [5.74, 6) is 2.57. The summed E-state index contributed by atoms with van der Waals surface area (Å²) in [6.07, 6.45) is 2.40. The average molecular weight is 266 g/mol. The van der Waals surface area contributed by atoms with Crippen molar-refractivity contribution in [2.75, 3.05) is 11.5 Å². The third-order valence-corrected chi connectivity index (χ3v) is 4.72. The molecule has 0 saturated carbocycles. The zero-order valence-corrected chi connectivity index (χ0v) is 10.8. The highest BCUT2D eigenvalue weighted by Crippen LogP contribution is 2.24. The fourth-order valence-electron chi connectivity index (χ4n) is 2.53. The molecule has 1 aliphatic heterocycles. The highest BCUT2D eigenvalue weighted by molar-refractivity contribution is 7.99. The van der Waals surface area contributed by atoms with Crippen molar-refractivity contribution in [2.45, 2.75) is 19.4 Å². The molecule has 1 atom stereocenters. The molecule has 1 aromatic heterocycles. The number of H-pyrrole nitrogens is 1. The zero-order valence-electron chi connectivity index (χ0n) is 9.99. The topological polar surface area (TPSA) is 37.8 Å². The van der Waals surface area contributed by atoms with Crippen LogP contribution in [-0.4, -0.2) is 21.1 Å². The van der Waals surface area contributed by atoms with Crippen molar-refractivity contribution in [1.29, 1.82) is 0 Å². The highest BCUT2D eigenvalue weighted by Gasteiger charge is 2.17. The molecule has 1 fully saturated rings. The van der Waals surface area contributed by atoms with Crippen LogP contribution in [0.3, 0.4) is 0 Å². The van der Waals surface area contributed by atoms with Gasteiger partial charge in [0, 0.05) is 6.54 Å². The Labute approximate surface area is 108 Å². The predicted molar refractivity (Wildman–Crippen MR) is 72.6 cm³/mol. The fraction of sp³-hybridized carbons (Fsp3) is 0.462. The van der Waals surface area contributed by atoms with E-state index in [1.54, 1.807) is 10.6 Å². The Morgan fingerprint density at radius 1 is 1.50 bits per heavy atom. The molecule has 0 spiro atoms. The van der Waals surface area contributed by atoms with Crippen molar-refractivity contribution in [1.82, 2.24) is 9.55 Å². The maximum absolute atomic E-state index is 13.1. The lowest BCUT2D eigenvalue weighted by atomic mass is 10.1. The van der Waals surface area contributed by atoms with Crippen molar-refractivity contribution >= 4 is 22.8 Å². The predicted octanol–water partition coefficient (Wildman–Crippen LogP) is 2.61. The number of thioether (sulfide) groups is 1. The van der Waals surface area contributed by atoms with Gasteiger partial charge in [0.1, 0.15) is 5.82 Å². The Bertz CT molecular complexity index is 613. The van der Waals surface area contributed by atoms with Crippen LogP contribution in [0.25, 0.3) is 11.0 Å². The molecule has 2 aromatic rings. The Kier molecular flexibility index (Phi) is 3.16. The molecule has 1 unspecified atom stereocenters. The van der Waals surface area contributed by atoms with Gasteiger partial charge in [-0.25, -0.2) is 9.18 Å². The van der Waals surface area contributed by atoms with Gasteiger partial charge in [0.15, 0.2) is 0 Å². The summed E-state index contributed by atoms with van der Waals surface area (Å²) in [5.41, 5.74) is 1.26. The largest absolute Gasteiger partial charge is 0.326 e. The van der Waals surface area contributed by atoms with E-state index in [0.717, 1.165) is 17.8 Å². The van der Waals surface area contributed by atoms with E-state index in [9.17, 15) is 9.18 Å². The number of fused-ring (bicyclic) bond motifs is 1. The number of halogens is 1. The lowest BCUT2D eigenvalue weighted by Gasteiger charge is -2.21. The van der Waals surface area contributed by atoms with E-state index in [1.807, 2.05) is 11.8 Å². The van der Waals surface area contributed by atoms with Crippen LogP contribution in [0.2, 0.25) is 0 Å². The molecule has 0 amide bonds. The molecule has 5 heteroatoms. The summed E-state index contributed by atoms with van der Waals surface area (Å²) in [6.45, 7) is 0.734. The van der Waals surface area contributed by atoms with Crippen LogP contribution >= 0.6 is 11.8 Å². The fourth-order valence-corrected chi connectivity index (χ4v) is 3.67. The number of benzene rings is 1. The summed E-state index contributed by atoms with van der Waals surface area (Å²) < 4.78 is 14.8. The molecule has 0 bridgehead atoms. The molecule has 1 aromatic carbocycles. The first-order valence-electron chi connectivity index (χ1n) is 6.20. The number of aromatic nitrogens is 2. The monoisotopic (exact) mass is 266 g/mol. The zero-order chi connectivity index (χ0) is 12.5. The second kappa shape index (κ2) is 4.80. The second-order valence-corrected chi connectivity index (χ2v) is 5.94. The number of rotatable bonds is 2. The van der Waals surface area contributed by atoms with Crippen molar-refractivity contribution in [3.63, 3.8) is 0 Å². The lowest BCUT2D eigenvalue weighted by Crippen LogP contribution is -2.24. The average Bonchev–Trinajstić information content (AvgIpc) is 2.66. The van der Waals surface area contributed by atoms with E-state index >= 15 is 0 Å². The number of imidazole rings is 1. The third kappa shape index (κ3) is 2.19. The lowest BCUT2D eigenvalue weighted by molar-refractivity contribution is 0.446. The molecule has 1 aliphatic rings. The van der Waals surface area contributed by atoms with Crippen molar-refractivity contribution in [3.05, 3.63) is 34.5 Å². The van der Waals surface area contributed by atoms with Crippen LogP contribution in [0.4, 0.5) is 4.39 Å². The molecule has 1 saturated heterocycles. The van der Waals surface area contributed by atoms with Gasteiger partial charge in [0.2, 0.25) is 0 Å². The standard InChI is InChI=1S/C13H15FN2OS/c14-10-3-4-12-11(6-10)15-13(17)16(12)7-9-2-1-5-18-8-9/h3-4,6,9H,1-2,5,7-8H2,(H,15,17). The number of nitrogens with one attached hydrogen (secondary N) is 1. The molecular weight excluding hydrogens is 251 g/mol. The van der Waals surface area contributed by atoms with Crippen LogP contribution in [0.15, 0.2) is 23.0 Å². The van der Waals surface area contributed by atoms with E-state index in [4.69, 9.17) is 0 Å². The number of hydrogen-bond donors (Lipinski definition) is 1. The summed E-state index contributed by atoms with van der Waals surface area (Å²) in [4.78, 5) is 14.6. The van der Waals surface area contributed by atoms with Crippen LogP contribution in [0.1, 0.15) is 12.8 Å². The number of hydrogen-bond acceptors (Lipinski definition) is 2. The quantitative estimate of drug-likeness (QED) is 0.907. The first-order chi connectivity index (χ1) is 8.74. The first kappa shape index (κ1) is 11.8. The van der Waals surface area contributed by atoms with Gasteiger partial charge in [-0.05, 0) is 48.5 Å². The van der Waals surface area contributed by atoms with E-state index in [0.29, 0.717) is 11.4 Å². The Balaban J connectivity index is 1.95. The van der Waals surface area contributed by atoms with Gasteiger partial charge in [-0.2, -0.15) is 11.8 Å². The summed E-state index contributed by atoms with van der Waals surface area (Å²) in [7, 11) is 0. The molecule has 3 rings (SSSR count). The van der Waals surface area contributed by atoms with E-state index < -0.39 is 0 Å². The van der Waals surface area contributed by atoms with Gasteiger partial charge in [0.05, 0.1) is 11.0 Å². The molecule has 18 heavy (non-hydrogen) atoms. The van der Waals surface area contributed by atoms with Crippen LogP contribution < -0.4 is 5.69 Å². The Hall–Kier alpha value is -1.23. The maximum atomic E-state index is 13.1. The molecule has 2 heterocycles. The normalized spacial score (nSPS) is 20.4. The minimum absolute atomic E-state index is 0.133. The highest BCUT2D eigenvalue weighted by atomic mass is 32.2. The van der Waals surface area contributed by atoms with Crippen LogP contribution in [0.5, 0.6) is 0 Å². The minimum Gasteiger partial charge on any atom is -0.305 e. The molecule has 1 N–H and O–H groups in total. The van der Waals surface area contributed by atoms with Gasteiger partial charge in [-0.1, -0.05) is 0 Å². The van der Waals surface area contributed by atoms with Crippen molar-refractivity contribution < 1.29 is 4.39 Å². The third-order valence-electron chi connectivity index (χ3n) is 3.43. The Morgan fingerprint density at radius 3 is 3.17 bits per heavy atom. The molecule has 3 nitrogen and oxygen atoms in total. The second-order valence-electron chi connectivity index (χ2n) is 4.79. The van der Waals surface area contributed by atoms with Crippen molar-refractivity contribution in [2.24, 2.45) is 5.92 Å². The first-order valence-corrected chi connectivity index (χ1v) is 7.35. The van der Waals surface area contributed by atoms with Gasteiger partial charge >= 0.3 is 5.69 Å². The van der Waals surface area contributed by atoms with E-state index in [2.05, 4.69) is 4.98 Å². The van der Waals surface area contributed by atoms with Gasteiger partial charge < -0.3 is 4.98 Å². The maximum Gasteiger partial charge on any atom is 0.326 e. The molecule has 0 aliphatic carbocycles. The van der Waals surface area contributed by atoms with Crippen molar-refractivity contribution in [3.8, 4) is 0 Å². The summed E-state index contributed by atoms with van der Waals surface area (Å²) in [6, 6.07) is 4.46. The molecule has 96 valence electrons. The van der Waals surface area contributed by atoms with E-state index in [1.165, 1.54) is 30.7 Å². The number of nitrogens with zero attached hydrogens (tertiary/aromatic N) is 1. The SMILES string of the molecule is O=c1[nH]c2cc(F)ccc2n1CC1CCCSC1. The van der Waals surface area contributed by atoms with E-state index in [-0.39, 0.29) is 11.5 Å². The summed E-state index contributed by atoms with van der Waals surface area (Å²) >= 11 is 1.95. The van der Waals surface area contributed by atoms with Crippen LogP contribution in [0, 0.1) is 11.7 Å². The number of aromatic amines is 1. The van der Waals surface area contributed by atoms with Gasteiger partial charge in [-0.15, -0.1) is 0 Å². The molecular formula is C13H15FN2OS. The smallest absolute Gasteiger partial charge is 0.305 e. The Morgan fingerprint density at radius 2 is 2.39 bits per heavy atom. The summed E-state index contributed by atoms with van der Waals surface area (Å²) in [5, 5.41) is 0. The van der Waals surface area contributed by atoms with Crippen LogP contribution in [-0.2, 0) is 6.54 Å².